The normalized spacial score (nSPS) is 10.5. The Labute approximate surface area is 165 Å². The van der Waals surface area contributed by atoms with Crippen LogP contribution in [0.25, 0.3) is 11.1 Å². The van der Waals surface area contributed by atoms with Crippen LogP contribution in [0.3, 0.4) is 0 Å². The number of ether oxygens (including phenoxy) is 1. The highest BCUT2D eigenvalue weighted by Crippen LogP contribution is 2.11. The predicted octanol–water partition coefficient (Wildman–Crippen LogP) is 1.20. The van der Waals surface area contributed by atoms with Gasteiger partial charge in [0, 0.05) is 5.69 Å². The molecule has 0 radical (unpaired) electrons. The molecule has 0 bridgehead atoms. The van der Waals surface area contributed by atoms with Crippen molar-refractivity contribution in [1.29, 1.82) is 0 Å². The summed E-state index contributed by atoms with van der Waals surface area (Å²) in [5.74, 6) is -3.00. The number of hydrogen-bond acceptors (Lipinski definition) is 6. The van der Waals surface area contributed by atoms with Gasteiger partial charge >= 0.3 is 23.5 Å². The second-order valence-electron chi connectivity index (χ2n) is 6.22. The molecule has 0 saturated carbocycles. The second-order valence-corrected chi connectivity index (χ2v) is 6.22. The standard InChI is InChI=1S/C20H19N3O6/c1-13-6-8-14(9-7-13)22-19(26)18(25)21-10-11-28-17(24)12-23-15-4-2-3-5-16(15)29-20(23)27/h2-9H,10-12H2,1H3,(H,21,25)(H,22,26). The van der Waals surface area contributed by atoms with Crippen LogP contribution in [0.1, 0.15) is 5.56 Å². The lowest BCUT2D eigenvalue weighted by Gasteiger charge is -2.08. The molecule has 0 unspecified atom stereocenters. The number of rotatable bonds is 6. The third-order valence-corrected chi connectivity index (χ3v) is 4.03. The zero-order valence-electron chi connectivity index (χ0n) is 15.6. The number of aromatic nitrogens is 1. The van der Waals surface area contributed by atoms with Gasteiger partial charge in [-0.1, -0.05) is 29.8 Å². The summed E-state index contributed by atoms with van der Waals surface area (Å²) in [6, 6.07) is 13.7. The fourth-order valence-electron chi connectivity index (χ4n) is 2.57. The average Bonchev–Trinajstić information content (AvgIpc) is 3.02. The molecule has 9 nitrogen and oxygen atoms in total. The Bertz CT molecular complexity index is 1100. The van der Waals surface area contributed by atoms with Gasteiger partial charge in [0.25, 0.3) is 0 Å². The molecule has 0 aliphatic rings. The smallest absolute Gasteiger partial charge is 0.420 e. The van der Waals surface area contributed by atoms with Crippen molar-refractivity contribution in [2.45, 2.75) is 13.5 Å². The van der Waals surface area contributed by atoms with Gasteiger partial charge in [-0.2, -0.15) is 0 Å². The molecule has 0 atom stereocenters. The van der Waals surface area contributed by atoms with Crippen LogP contribution in [-0.2, 0) is 25.7 Å². The van der Waals surface area contributed by atoms with Crippen molar-refractivity contribution in [3.63, 3.8) is 0 Å². The fourth-order valence-corrected chi connectivity index (χ4v) is 2.57. The second kappa shape index (κ2) is 8.87. The van der Waals surface area contributed by atoms with Gasteiger partial charge < -0.3 is 19.8 Å². The van der Waals surface area contributed by atoms with Crippen LogP contribution < -0.4 is 16.4 Å². The quantitative estimate of drug-likeness (QED) is 0.366. The third-order valence-electron chi connectivity index (χ3n) is 4.03. The maximum Gasteiger partial charge on any atom is 0.420 e. The molecule has 0 saturated heterocycles. The molecule has 3 rings (SSSR count). The van der Waals surface area contributed by atoms with Crippen molar-refractivity contribution in [2.75, 3.05) is 18.5 Å². The first-order valence-corrected chi connectivity index (χ1v) is 8.84. The highest BCUT2D eigenvalue weighted by molar-refractivity contribution is 6.39. The minimum absolute atomic E-state index is 0.0487. The SMILES string of the molecule is Cc1ccc(NC(=O)C(=O)NCCOC(=O)Cn2c(=O)oc3ccccc32)cc1. The predicted molar refractivity (Wildman–Crippen MR) is 104 cm³/mol. The Balaban J connectivity index is 1.42. The Morgan fingerprint density at radius 2 is 1.76 bits per heavy atom. The maximum absolute atomic E-state index is 11.9. The molecule has 9 heteroatoms. The topological polar surface area (TPSA) is 120 Å². The molecule has 3 aromatic rings. The van der Waals surface area contributed by atoms with E-state index in [0.717, 1.165) is 10.1 Å². The summed E-state index contributed by atoms with van der Waals surface area (Å²) in [5.41, 5.74) is 2.38. The van der Waals surface area contributed by atoms with Crippen molar-refractivity contribution < 1.29 is 23.5 Å². The molecular formula is C20H19N3O6. The lowest BCUT2D eigenvalue weighted by molar-refractivity contribution is -0.144. The van der Waals surface area contributed by atoms with Crippen LogP contribution in [0.2, 0.25) is 0 Å². The summed E-state index contributed by atoms with van der Waals surface area (Å²) in [7, 11) is 0. The Hall–Kier alpha value is -3.88. The molecule has 1 aromatic heterocycles. The molecule has 29 heavy (non-hydrogen) atoms. The summed E-state index contributed by atoms with van der Waals surface area (Å²) < 4.78 is 11.2. The number of carbonyl (C=O) groups excluding carboxylic acids is 3. The summed E-state index contributed by atoms with van der Waals surface area (Å²) in [6.45, 7) is 1.39. The number of carbonyl (C=O) groups is 3. The van der Waals surface area contributed by atoms with Crippen molar-refractivity contribution in [1.82, 2.24) is 9.88 Å². The summed E-state index contributed by atoms with van der Waals surface area (Å²) in [4.78, 5) is 47.4. The van der Waals surface area contributed by atoms with E-state index in [-0.39, 0.29) is 19.7 Å². The zero-order valence-corrected chi connectivity index (χ0v) is 15.6. The number of amides is 2. The van der Waals surface area contributed by atoms with Crippen LogP contribution in [0.15, 0.2) is 57.7 Å². The summed E-state index contributed by atoms with van der Waals surface area (Å²) >= 11 is 0. The number of fused-ring (bicyclic) bond motifs is 1. The van der Waals surface area contributed by atoms with Crippen LogP contribution in [0.5, 0.6) is 0 Å². The van der Waals surface area contributed by atoms with E-state index in [1.807, 2.05) is 19.1 Å². The number of benzene rings is 2. The van der Waals surface area contributed by atoms with Gasteiger partial charge in [-0.05, 0) is 31.2 Å². The number of aryl methyl sites for hydroxylation is 1. The first-order valence-electron chi connectivity index (χ1n) is 8.84. The molecule has 2 amide bonds. The number of esters is 1. The number of oxazole rings is 1. The van der Waals surface area contributed by atoms with E-state index < -0.39 is 23.5 Å². The Morgan fingerprint density at radius 3 is 2.52 bits per heavy atom. The number of nitrogens with zero attached hydrogens (tertiary/aromatic N) is 1. The van der Waals surface area contributed by atoms with Gasteiger partial charge in [0.2, 0.25) is 0 Å². The number of anilines is 1. The van der Waals surface area contributed by atoms with Crippen LogP contribution in [0, 0.1) is 6.92 Å². The van der Waals surface area contributed by atoms with E-state index in [2.05, 4.69) is 10.6 Å². The minimum Gasteiger partial charge on any atom is -0.462 e. The number of hydrogen-bond donors (Lipinski definition) is 2. The van der Waals surface area contributed by atoms with E-state index in [9.17, 15) is 19.2 Å². The van der Waals surface area contributed by atoms with Crippen LogP contribution in [0.4, 0.5) is 5.69 Å². The van der Waals surface area contributed by atoms with E-state index in [1.165, 1.54) is 0 Å². The van der Waals surface area contributed by atoms with Crippen LogP contribution >= 0.6 is 0 Å². The van der Waals surface area contributed by atoms with Crippen molar-refractivity contribution in [2.24, 2.45) is 0 Å². The highest BCUT2D eigenvalue weighted by atomic mass is 16.5. The van der Waals surface area contributed by atoms with Crippen molar-refractivity contribution >= 4 is 34.6 Å². The van der Waals surface area contributed by atoms with Gasteiger partial charge in [-0.3, -0.25) is 19.0 Å². The average molecular weight is 397 g/mol. The minimum atomic E-state index is -0.848. The van der Waals surface area contributed by atoms with Crippen LogP contribution in [-0.4, -0.2) is 35.5 Å². The summed E-state index contributed by atoms with van der Waals surface area (Å²) in [6.07, 6.45) is 0. The first-order chi connectivity index (χ1) is 13.9. The van der Waals surface area contributed by atoms with E-state index >= 15 is 0 Å². The van der Waals surface area contributed by atoms with E-state index in [1.54, 1.807) is 36.4 Å². The molecule has 150 valence electrons. The van der Waals surface area contributed by atoms with Gasteiger partial charge in [0.15, 0.2) is 5.58 Å². The molecule has 1 heterocycles. The fraction of sp³-hybridized carbons (Fsp3) is 0.200. The zero-order chi connectivity index (χ0) is 20.8. The largest absolute Gasteiger partial charge is 0.462 e. The van der Waals surface area contributed by atoms with Gasteiger partial charge in [0.05, 0.1) is 12.1 Å². The van der Waals surface area contributed by atoms with E-state index in [0.29, 0.717) is 16.8 Å². The van der Waals surface area contributed by atoms with Gasteiger partial charge in [0.1, 0.15) is 13.2 Å². The molecule has 0 fully saturated rings. The van der Waals surface area contributed by atoms with Crippen molar-refractivity contribution in [3.05, 3.63) is 64.6 Å². The van der Waals surface area contributed by atoms with Crippen molar-refractivity contribution in [3.8, 4) is 0 Å². The molecule has 2 N–H and O–H groups in total. The first kappa shape index (κ1) is 19.9. The van der Waals surface area contributed by atoms with Gasteiger partial charge in [-0.25, -0.2) is 4.79 Å². The summed E-state index contributed by atoms with van der Waals surface area (Å²) in [5, 5.41) is 4.82. The van der Waals surface area contributed by atoms with Gasteiger partial charge in [-0.15, -0.1) is 0 Å². The molecular weight excluding hydrogens is 378 g/mol. The van der Waals surface area contributed by atoms with E-state index in [4.69, 9.17) is 9.15 Å². The molecule has 0 spiro atoms. The lowest BCUT2D eigenvalue weighted by atomic mass is 10.2. The lowest BCUT2D eigenvalue weighted by Crippen LogP contribution is -2.37. The highest BCUT2D eigenvalue weighted by Gasteiger charge is 2.15. The molecule has 0 aliphatic heterocycles. The number of para-hydroxylation sites is 2. The number of nitrogens with one attached hydrogen (secondary N) is 2. The third kappa shape index (κ3) is 5.10. The Morgan fingerprint density at radius 1 is 1.03 bits per heavy atom. The Kier molecular flexibility index (Phi) is 6.08. The monoisotopic (exact) mass is 397 g/mol. The molecule has 0 aliphatic carbocycles. The molecule has 2 aromatic carbocycles. The maximum atomic E-state index is 11.9.